The highest BCUT2D eigenvalue weighted by molar-refractivity contribution is 7.86. The molecule has 11 heteroatoms. The first-order valence-corrected chi connectivity index (χ1v) is 11.4. The number of morpholine rings is 1. The number of hydrogen-bond acceptors (Lipinski definition) is 8. The first kappa shape index (κ1) is 20.9. The molecule has 2 aliphatic heterocycles. The predicted octanol–water partition coefficient (Wildman–Crippen LogP) is -0.0837. The molecule has 160 valence electrons. The summed E-state index contributed by atoms with van der Waals surface area (Å²) in [6.07, 6.45) is 3.40. The first-order valence-electron chi connectivity index (χ1n) is 9.89. The number of anilines is 1. The zero-order valence-electron chi connectivity index (χ0n) is 16.8. The zero-order valence-corrected chi connectivity index (χ0v) is 17.6. The Hall–Kier alpha value is -2.36. The Morgan fingerprint density at radius 3 is 2.73 bits per heavy atom. The summed E-state index contributed by atoms with van der Waals surface area (Å²) >= 11 is 0. The second-order valence-corrected chi connectivity index (χ2v) is 9.27. The highest BCUT2D eigenvalue weighted by atomic mass is 32.2. The fourth-order valence-electron chi connectivity index (χ4n) is 4.19. The van der Waals surface area contributed by atoms with E-state index in [0.717, 1.165) is 11.1 Å². The second kappa shape index (κ2) is 8.41. The van der Waals surface area contributed by atoms with E-state index in [2.05, 4.69) is 25.8 Å². The number of aromatic nitrogens is 2. The maximum Gasteiger partial charge on any atom is 0.276 e. The number of nitrogens with two attached hydrogens (primary N) is 1. The predicted molar refractivity (Wildman–Crippen MR) is 112 cm³/mol. The number of pyridine rings is 2. The summed E-state index contributed by atoms with van der Waals surface area (Å²) in [6, 6.07) is 5.93. The van der Waals surface area contributed by atoms with Crippen molar-refractivity contribution in [2.75, 3.05) is 50.7 Å². The number of ether oxygens (including phenoxy) is 1. The summed E-state index contributed by atoms with van der Waals surface area (Å²) in [6.45, 7) is 6.16. The van der Waals surface area contributed by atoms with Crippen LogP contribution in [0.4, 0.5) is 5.69 Å². The quantitative estimate of drug-likeness (QED) is 0.712. The van der Waals surface area contributed by atoms with Crippen molar-refractivity contribution in [1.82, 2.24) is 19.2 Å². The van der Waals surface area contributed by atoms with Crippen molar-refractivity contribution in [3.8, 4) is 6.07 Å². The van der Waals surface area contributed by atoms with Crippen LogP contribution in [0.5, 0.6) is 0 Å². The number of hydrogen-bond donors (Lipinski definition) is 1. The molecule has 2 saturated heterocycles. The van der Waals surface area contributed by atoms with Gasteiger partial charge in [0.05, 0.1) is 24.1 Å². The van der Waals surface area contributed by atoms with Gasteiger partial charge in [-0.05, 0) is 19.1 Å². The lowest BCUT2D eigenvalue weighted by atomic mass is 10.1. The molecule has 0 aliphatic carbocycles. The van der Waals surface area contributed by atoms with Crippen LogP contribution in [0.2, 0.25) is 0 Å². The number of piperazine rings is 1. The van der Waals surface area contributed by atoms with Gasteiger partial charge in [0.1, 0.15) is 11.6 Å². The molecule has 0 bridgehead atoms. The molecule has 30 heavy (non-hydrogen) atoms. The van der Waals surface area contributed by atoms with Crippen LogP contribution in [0, 0.1) is 11.3 Å². The number of fused-ring (bicyclic) bond motifs is 1. The van der Waals surface area contributed by atoms with Crippen LogP contribution >= 0.6 is 0 Å². The normalized spacial score (nSPS) is 24.1. The lowest BCUT2D eigenvalue weighted by Gasteiger charge is -2.41. The van der Waals surface area contributed by atoms with Gasteiger partial charge >= 0.3 is 0 Å². The van der Waals surface area contributed by atoms with E-state index in [0.29, 0.717) is 57.0 Å². The lowest BCUT2D eigenvalue weighted by Crippen LogP contribution is -2.55. The SMILES string of the molecule is C[C@@H]1CN(c2cnc(C#N)c3ncccc23)C[C@H](CN2CCN(S(N)(=O)=O)CC2)O1. The van der Waals surface area contributed by atoms with Crippen molar-refractivity contribution in [3.05, 3.63) is 30.2 Å². The molecule has 0 radical (unpaired) electrons. The minimum absolute atomic E-state index is 0.0248. The minimum atomic E-state index is -3.63. The van der Waals surface area contributed by atoms with E-state index in [1.807, 2.05) is 19.1 Å². The molecule has 2 atom stereocenters. The average molecular weight is 432 g/mol. The number of nitrogens with zero attached hydrogens (tertiary/aromatic N) is 6. The maximum atomic E-state index is 11.5. The molecule has 4 heterocycles. The molecule has 4 rings (SSSR count). The second-order valence-electron chi connectivity index (χ2n) is 7.72. The molecule has 2 aromatic rings. The van der Waals surface area contributed by atoms with Gasteiger partial charge in [0.2, 0.25) is 0 Å². The van der Waals surface area contributed by atoms with Crippen molar-refractivity contribution in [1.29, 1.82) is 5.26 Å². The zero-order chi connectivity index (χ0) is 21.3. The van der Waals surface area contributed by atoms with E-state index in [-0.39, 0.29) is 12.2 Å². The van der Waals surface area contributed by atoms with Gasteiger partial charge in [0, 0.05) is 57.4 Å². The molecule has 0 spiro atoms. The number of rotatable bonds is 4. The van der Waals surface area contributed by atoms with Crippen LogP contribution in [0.1, 0.15) is 12.6 Å². The van der Waals surface area contributed by atoms with Gasteiger partial charge in [-0.2, -0.15) is 18.0 Å². The third kappa shape index (κ3) is 4.38. The Morgan fingerprint density at radius 2 is 2.03 bits per heavy atom. The van der Waals surface area contributed by atoms with Crippen LogP contribution in [0.25, 0.3) is 10.9 Å². The molecule has 0 saturated carbocycles. The fourth-order valence-corrected chi connectivity index (χ4v) is 4.86. The molecule has 10 nitrogen and oxygen atoms in total. The fraction of sp³-hybridized carbons (Fsp3) is 0.526. The third-order valence-electron chi connectivity index (χ3n) is 5.55. The molecule has 0 amide bonds. The molecular formula is C19H25N7O3S. The Balaban J connectivity index is 1.49. The van der Waals surface area contributed by atoms with E-state index in [9.17, 15) is 13.7 Å². The molecular weight excluding hydrogens is 406 g/mol. The molecule has 2 N–H and O–H groups in total. The van der Waals surface area contributed by atoms with Gasteiger partial charge in [-0.15, -0.1) is 0 Å². The van der Waals surface area contributed by atoms with E-state index >= 15 is 0 Å². The molecule has 0 unspecified atom stereocenters. The first-order chi connectivity index (χ1) is 14.3. The molecule has 0 aromatic carbocycles. The Morgan fingerprint density at radius 1 is 1.27 bits per heavy atom. The van der Waals surface area contributed by atoms with E-state index in [4.69, 9.17) is 9.88 Å². The largest absolute Gasteiger partial charge is 0.370 e. The van der Waals surface area contributed by atoms with Crippen molar-refractivity contribution in [2.45, 2.75) is 19.1 Å². The van der Waals surface area contributed by atoms with Crippen LogP contribution < -0.4 is 10.0 Å². The topological polar surface area (TPSA) is 129 Å². The van der Waals surface area contributed by atoms with Crippen LogP contribution in [-0.4, -0.2) is 85.6 Å². The summed E-state index contributed by atoms with van der Waals surface area (Å²) in [5, 5.41) is 15.5. The summed E-state index contributed by atoms with van der Waals surface area (Å²) < 4.78 is 30.5. The van der Waals surface area contributed by atoms with E-state index in [1.54, 1.807) is 12.4 Å². The van der Waals surface area contributed by atoms with Crippen LogP contribution in [0.3, 0.4) is 0 Å². The standard InChI is InChI=1S/C19H25N7O3S/c1-14-11-25(18-10-23-17(9-20)19-16(18)3-2-4-22-19)13-15(29-14)12-24-5-7-26(8-6-24)30(21,27)28/h2-4,10,14-15H,5-8,11-13H2,1H3,(H2,21,27,28)/t14-,15+/m1/s1. The molecule has 2 aromatic heterocycles. The van der Waals surface area contributed by atoms with Gasteiger partial charge in [-0.1, -0.05) is 0 Å². The van der Waals surface area contributed by atoms with Crippen molar-refractivity contribution < 1.29 is 13.2 Å². The number of nitriles is 1. The van der Waals surface area contributed by atoms with E-state index < -0.39 is 10.2 Å². The van der Waals surface area contributed by atoms with Crippen molar-refractivity contribution in [2.24, 2.45) is 5.14 Å². The highest BCUT2D eigenvalue weighted by Crippen LogP contribution is 2.29. The summed E-state index contributed by atoms with van der Waals surface area (Å²) in [4.78, 5) is 13.1. The Bertz CT molecular complexity index is 1060. The monoisotopic (exact) mass is 431 g/mol. The van der Waals surface area contributed by atoms with Crippen LogP contribution in [-0.2, 0) is 14.9 Å². The van der Waals surface area contributed by atoms with Gasteiger partial charge in [0.25, 0.3) is 10.2 Å². The molecule has 2 aliphatic rings. The smallest absolute Gasteiger partial charge is 0.276 e. The minimum Gasteiger partial charge on any atom is -0.370 e. The summed E-state index contributed by atoms with van der Waals surface area (Å²) in [7, 11) is -3.63. The third-order valence-corrected chi connectivity index (χ3v) is 6.63. The summed E-state index contributed by atoms with van der Waals surface area (Å²) in [5.41, 5.74) is 1.86. The summed E-state index contributed by atoms with van der Waals surface area (Å²) in [5.74, 6) is 0. The molecule has 2 fully saturated rings. The van der Waals surface area contributed by atoms with Gasteiger partial charge in [-0.25, -0.2) is 10.1 Å². The van der Waals surface area contributed by atoms with Crippen LogP contribution in [0.15, 0.2) is 24.5 Å². The average Bonchev–Trinajstić information content (AvgIpc) is 2.72. The van der Waals surface area contributed by atoms with Crippen molar-refractivity contribution >= 4 is 26.8 Å². The Labute approximate surface area is 176 Å². The maximum absolute atomic E-state index is 11.5. The van der Waals surface area contributed by atoms with E-state index in [1.165, 1.54) is 4.31 Å². The van der Waals surface area contributed by atoms with Gasteiger partial charge in [0.15, 0.2) is 5.69 Å². The Kier molecular flexibility index (Phi) is 5.86. The highest BCUT2D eigenvalue weighted by Gasteiger charge is 2.30. The van der Waals surface area contributed by atoms with Crippen molar-refractivity contribution in [3.63, 3.8) is 0 Å². The van der Waals surface area contributed by atoms with Gasteiger partial charge in [-0.3, -0.25) is 9.88 Å². The lowest BCUT2D eigenvalue weighted by molar-refractivity contribution is -0.0353. The van der Waals surface area contributed by atoms with Gasteiger partial charge < -0.3 is 9.64 Å².